The molecule has 0 spiro atoms. The van der Waals surface area contributed by atoms with E-state index in [2.05, 4.69) is 4.98 Å². The molecule has 1 N–H and O–H groups in total. The van der Waals surface area contributed by atoms with Crippen LogP contribution in [0.2, 0.25) is 0 Å². The van der Waals surface area contributed by atoms with Gasteiger partial charge in [0.25, 0.3) is 0 Å². The molecule has 1 atom stereocenters. The first-order valence-electron chi connectivity index (χ1n) is 5.29. The Morgan fingerprint density at radius 2 is 2.31 bits per heavy atom. The predicted octanol–water partition coefficient (Wildman–Crippen LogP) is 0.768. The molecule has 1 aromatic heterocycles. The van der Waals surface area contributed by atoms with Gasteiger partial charge in [-0.3, -0.25) is 0 Å². The van der Waals surface area contributed by atoms with E-state index in [9.17, 15) is 8.42 Å². The molecular formula is C10H15NO4S. The normalized spacial score (nSPS) is 24.5. The summed E-state index contributed by atoms with van der Waals surface area (Å²) in [6.45, 7) is 1.50. The maximum absolute atomic E-state index is 11.5. The third-order valence-corrected chi connectivity index (χ3v) is 4.68. The maximum atomic E-state index is 11.5. The first-order chi connectivity index (χ1) is 7.52. The number of aryl methyl sites for hydroxylation is 1. The number of rotatable bonds is 2. The summed E-state index contributed by atoms with van der Waals surface area (Å²) < 4.78 is 28.3. The van der Waals surface area contributed by atoms with Crippen LogP contribution in [0.25, 0.3) is 0 Å². The highest BCUT2D eigenvalue weighted by molar-refractivity contribution is 7.91. The fourth-order valence-corrected chi connectivity index (χ4v) is 3.86. The Hall–Kier alpha value is -0.880. The quantitative estimate of drug-likeness (QED) is 0.832. The zero-order chi connectivity index (χ0) is 11.8. The van der Waals surface area contributed by atoms with Crippen LogP contribution in [-0.2, 0) is 16.4 Å². The van der Waals surface area contributed by atoms with Crippen LogP contribution in [0.5, 0.6) is 0 Å². The minimum absolute atomic E-state index is 0.0807. The van der Waals surface area contributed by atoms with Crippen molar-refractivity contribution in [1.82, 2.24) is 4.98 Å². The van der Waals surface area contributed by atoms with Crippen LogP contribution in [0.3, 0.4) is 0 Å². The van der Waals surface area contributed by atoms with Crippen LogP contribution in [0.1, 0.15) is 36.1 Å². The molecule has 16 heavy (non-hydrogen) atoms. The van der Waals surface area contributed by atoms with Crippen LogP contribution < -0.4 is 0 Å². The molecule has 0 aliphatic carbocycles. The van der Waals surface area contributed by atoms with Gasteiger partial charge in [-0.1, -0.05) is 0 Å². The number of sulfone groups is 1. The first kappa shape index (κ1) is 11.6. The van der Waals surface area contributed by atoms with E-state index in [-0.39, 0.29) is 29.9 Å². The molecule has 6 heteroatoms. The molecule has 0 saturated carbocycles. The Morgan fingerprint density at radius 3 is 2.88 bits per heavy atom. The topological polar surface area (TPSA) is 80.4 Å². The molecule has 2 rings (SSSR count). The molecule has 0 bridgehead atoms. The van der Waals surface area contributed by atoms with E-state index in [1.54, 1.807) is 6.92 Å². The fourth-order valence-electron chi connectivity index (χ4n) is 2.15. The van der Waals surface area contributed by atoms with Gasteiger partial charge in [-0.05, 0) is 19.8 Å². The van der Waals surface area contributed by atoms with Gasteiger partial charge < -0.3 is 9.52 Å². The fraction of sp³-hybridized carbons (Fsp3) is 0.700. The standard InChI is InChI=1S/C10H15NO4S/c1-7-10(11-9(5-12)15-7)8-3-2-4-16(13,14)6-8/h8,12H,2-6H2,1H3. The number of aliphatic hydroxyl groups excluding tert-OH is 1. The molecule has 1 aliphatic rings. The molecule has 5 nitrogen and oxygen atoms in total. The Morgan fingerprint density at radius 1 is 1.56 bits per heavy atom. The zero-order valence-electron chi connectivity index (χ0n) is 9.14. The summed E-state index contributed by atoms with van der Waals surface area (Å²) in [5.74, 6) is 1.21. The molecule has 90 valence electrons. The van der Waals surface area contributed by atoms with Crippen molar-refractivity contribution in [3.8, 4) is 0 Å². The number of aliphatic hydroxyl groups is 1. The highest BCUT2D eigenvalue weighted by atomic mass is 32.2. The summed E-state index contributed by atoms with van der Waals surface area (Å²) in [7, 11) is -2.94. The average Bonchev–Trinajstić information content (AvgIpc) is 2.58. The highest BCUT2D eigenvalue weighted by Gasteiger charge is 2.29. The number of aromatic nitrogens is 1. The van der Waals surface area contributed by atoms with Crippen molar-refractivity contribution in [1.29, 1.82) is 0 Å². The van der Waals surface area contributed by atoms with Crippen LogP contribution >= 0.6 is 0 Å². The van der Waals surface area contributed by atoms with Gasteiger partial charge in [0.2, 0.25) is 5.89 Å². The van der Waals surface area contributed by atoms with Gasteiger partial charge >= 0.3 is 0 Å². The molecule has 1 unspecified atom stereocenters. The Balaban J connectivity index is 2.26. The second-order valence-corrected chi connectivity index (χ2v) is 6.39. The number of oxazole rings is 1. The lowest BCUT2D eigenvalue weighted by molar-refractivity contribution is 0.238. The van der Waals surface area contributed by atoms with Crippen molar-refractivity contribution in [2.75, 3.05) is 11.5 Å². The predicted molar refractivity (Wildman–Crippen MR) is 57.8 cm³/mol. The lowest BCUT2D eigenvalue weighted by Crippen LogP contribution is -2.24. The van der Waals surface area contributed by atoms with Crippen LogP contribution in [-0.4, -0.2) is 30.0 Å². The van der Waals surface area contributed by atoms with Gasteiger partial charge in [0.15, 0.2) is 9.84 Å². The van der Waals surface area contributed by atoms with Gasteiger partial charge in [0.05, 0.1) is 17.2 Å². The first-order valence-corrected chi connectivity index (χ1v) is 7.11. The molecule has 1 aliphatic heterocycles. The molecule has 2 heterocycles. The van der Waals surface area contributed by atoms with Crippen LogP contribution in [0, 0.1) is 6.92 Å². The summed E-state index contributed by atoms with van der Waals surface area (Å²) >= 11 is 0. The highest BCUT2D eigenvalue weighted by Crippen LogP contribution is 2.30. The van der Waals surface area contributed by atoms with Crippen LogP contribution in [0.15, 0.2) is 4.42 Å². The summed E-state index contributed by atoms with van der Waals surface area (Å²) in [6.07, 6.45) is 1.49. The molecule has 1 fully saturated rings. The summed E-state index contributed by atoms with van der Waals surface area (Å²) in [5, 5.41) is 8.90. The largest absolute Gasteiger partial charge is 0.443 e. The maximum Gasteiger partial charge on any atom is 0.220 e. The van der Waals surface area contributed by atoms with Gasteiger partial charge in [-0.2, -0.15) is 0 Å². The molecule has 0 radical (unpaired) electrons. The van der Waals surface area contributed by atoms with Gasteiger partial charge in [0.1, 0.15) is 12.4 Å². The van der Waals surface area contributed by atoms with Crippen molar-refractivity contribution in [3.05, 3.63) is 17.3 Å². The van der Waals surface area contributed by atoms with Gasteiger partial charge in [0, 0.05) is 5.92 Å². The number of hydrogen-bond donors (Lipinski definition) is 1. The third kappa shape index (κ3) is 2.27. The minimum atomic E-state index is -2.94. The molecular weight excluding hydrogens is 230 g/mol. The van der Waals surface area contributed by atoms with Crippen molar-refractivity contribution < 1.29 is 17.9 Å². The second-order valence-electron chi connectivity index (χ2n) is 4.16. The second kappa shape index (κ2) is 4.18. The monoisotopic (exact) mass is 245 g/mol. The van der Waals surface area contributed by atoms with E-state index in [0.717, 1.165) is 6.42 Å². The Bertz CT molecular complexity index is 477. The Labute approximate surface area is 94.4 Å². The van der Waals surface area contributed by atoms with Crippen LogP contribution in [0.4, 0.5) is 0 Å². The molecule has 1 aromatic rings. The summed E-state index contributed by atoms with van der Waals surface area (Å²) in [6, 6.07) is 0. The van der Waals surface area contributed by atoms with E-state index < -0.39 is 9.84 Å². The minimum Gasteiger partial charge on any atom is -0.443 e. The van der Waals surface area contributed by atoms with E-state index in [4.69, 9.17) is 9.52 Å². The Kier molecular flexibility index (Phi) is 3.03. The molecule has 1 saturated heterocycles. The van der Waals surface area contributed by atoms with E-state index in [0.29, 0.717) is 17.9 Å². The molecule has 0 aromatic carbocycles. The third-order valence-electron chi connectivity index (χ3n) is 2.86. The number of hydrogen-bond acceptors (Lipinski definition) is 5. The van der Waals surface area contributed by atoms with Gasteiger partial charge in [-0.25, -0.2) is 13.4 Å². The zero-order valence-corrected chi connectivity index (χ0v) is 9.96. The lowest BCUT2D eigenvalue weighted by Gasteiger charge is -2.20. The van der Waals surface area contributed by atoms with E-state index in [1.165, 1.54) is 0 Å². The van der Waals surface area contributed by atoms with Crippen molar-refractivity contribution >= 4 is 9.84 Å². The van der Waals surface area contributed by atoms with E-state index >= 15 is 0 Å². The summed E-state index contributed by atoms with van der Waals surface area (Å²) in [4.78, 5) is 4.14. The van der Waals surface area contributed by atoms with Crippen molar-refractivity contribution in [3.63, 3.8) is 0 Å². The lowest BCUT2D eigenvalue weighted by atomic mass is 10.0. The van der Waals surface area contributed by atoms with Crippen molar-refractivity contribution in [2.45, 2.75) is 32.3 Å². The van der Waals surface area contributed by atoms with E-state index in [1.807, 2.05) is 0 Å². The average molecular weight is 245 g/mol. The number of nitrogens with zero attached hydrogens (tertiary/aromatic N) is 1. The van der Waals surface area contributed by atoms with Crippen molar-refractivity contribution in [2.24, 2.45) is 0 Å². The molecule has 0 amide bonds. The SMILES string of the molecule is Cc1oc(CO)nc1C1CCCS(=O)(=O)C1. The van der Waals surface area contributed by atoms with Gasteiger partial charge in [-0.15, -0.1) is 0 Å². The smallest absolute Gasteiger partial charge is 0.220 e. The summed E-state index contributed by atoms with van der Waals surface area (Å²) in [5.41, 5.74) is 0.687.